The second kappa shape index (κ2) is 22.1. The van der Waals surface area contributed by atoms with Crippen molar-refractivity contribution in [2.45, 2.75) is 33.4 Å². The molecule has 0 aliphatic carbocycles. The van der Waals surface area contributed by atoms with Crippen molar-refractivity contribution in [1.82, 2.24) is 0 Å². The summed E-state index contributed by atoms with van der Waals surface area (Å²) in [6.45, 7) is 2.77. The fraction of sp³-hybridized carbons (Fsp3) is 0.0571. The molecule has 0 aromatic heterocycles. The second-order valence-electron chi connectivity index (χ2n) is 12.7. The van der Waals surface area contributed by atoms with Crippen LogP contribution in [0.5, 0.6) is 11.5 Å². The molecular weight excluding hydrogens is 965 g/mol. The SMILES string of the molecule is Cc1cc(S(=O)(=O)[O-])ccc1N=Nc1c(S(=O)(=O)[O-])cc2cc(NC(=O)Nc3ccc4c(O)c(N=Nc5ccc(S(=O)(=O)[O-])cc5C)c(S(=O)(=O)[O-])cc4c3)ccc2c1O.[Na+].[Na+].[Na+].[Na+]. The number of nitrogens with one attached hydrogen (secondary N) is 2. The number of rotatable bonds is 10. The third kappa shape index (κ3) is 13.4. The summed E-state index contributed by atoms with van der Waals surface area (Å²) >= 11 is 0. The van der Waals surface area contributed by atoms with Crippen LogP contribution in [0.4, 0.5) is 38.9 Å². The Labute approximate surface area is 453 Å². The van der Waals surface area contributed by atoms with Gasteiger partial charge < -0.3 is 39.1 Å². The molecular formula is C35H24N6Na4O15S4. The zero-order valence-corrected chi connectivity index (χ0v) is 45.5. The minimum Gasteiger partial charge on any atom is -0.744 e. The molecule has 4 N–H and O–H groups in total. The molecule has 0 atom stereocenters. The van der Waals surface area contributed by atoms with Crippen LogP contribution in [-0.4, -0.2) is 68.1 Å². The van der Waals surface area contributed by atoms with Gasteiger partial charge in [0.05, 0.1) is 31.0 Å². The standard InChI is InChI=1S/C35H28N6O15S4.4Na/c1-17-11-23(57(45,46)47)5-9-27(17)38-40-31-29(59(51,52)53)15-19-13-21(3-7-25(19)33(31)42)36-35(44)37-22-4-8-26-20(14-22)16-30(60(54,55)56)32(34(26)43)41-39-28-10-6-24(12-18(28)2)58(48,49)50;;;;/h3-16,42-43H,1-2H3,(H2,36,37,44)(H,45,46,47)(H,48,49,50)(H,51,52,53)(H,54,55,56);;;;/q;4*+1/p-4. The summed E-state index contributed by atoms with van der Waals surface area (Å²) in [6, 6.07) is 14.5. The Hall–Kier alpha value is -2.45. The van der Waals surface area contributed by atoms with E-state index < -0.39 is 89.0 Å². The number of benzene rings is 6. The van der Waals surface area contributed by atoms with E-state index in [1.165, 1.54) is 50.2 Å². The average Bonchev–Trinajstić information content (AvgIpc) is 3.13. The number of carbonyl (C=O) groups excluding carboxylic acids is 1. The number of anilines is 2. The zero-order chi connectivity index (χ0) is 44.1. The van der Waals surface area contributed by atoms with E-state index in [2.05, 4.69) is 31.1 Å². The van der Waals surface area contributed by atoms with Crippen LogP contribution < -0.4 is 129 Å². The average molecular weight is 989 g/mol. The molecule has 312 valence electrons. The maximum atomic E-state index is 13.0. The third-order valence-electron chi connectivity index (χ3n) is 8.59. The Morgan fingerprint density at radius 2 is 0.828 bits per heavy atom. The number of hydrogen-bond acceptors (Lipinski definition) is 19. The number of amides is 2. The molecule has 0 spiro atoms. The van der Waals surface area contributed by atoms with Crippen LogP contribution in [0.15, 0.2) is 125 Å². The van der Waals surface area contributed by atoms with Crippen molar-refractivity contribution in [3.63, 3.8) is 0 Å². The molecule has 0 bridgehead atoms. The molecule has 6 aromatic carbocycles. The number of hydrogen-bond donors (Lipinski definition) is 4. The summed E-state index contributed by atoms with van der Waals surface area (Å²) in [7, 11) is -20.2. The summed E-state index contributed by atoms with van der Waals surface area (Å²) in [6.07, 6.45) is 0. The van der Waals surface area contributed by atoms with Crippen LogP contribution in [0, 0.1) is 13.8 Å². The molecule has 21 nitrogen and oxygen atoms in total. The minimum atomic E-state index is -5.32. The Morgan fingerprint density at radius 1 is 0.484 bits per heavy atom. The van der Waals surface area contributed by atoms with Gasteiger partial charge in [-0.2, -0.15) is 10.2 Å². The molecule has 0 radical (unpaired) electrons. The first-order valence-corrected chi connectivity index (χ1v) is 22.0. The van der Waals surface area contributed by atoms with Crippen LogP contribution in [0.1, 0.15) is 11.1 Å². The fourth-order valence-electron chi connectivity index (χ4n) is 5.73. The van der Waals surface area contributed by atoms with Crippen molar-refractivity contribution in [3.8, 4) is 11.5 Å². The molecule has 0 aliphatic heterocycles. The molecule has 0 heterocycles. The molecule has 0 unspecified atom stereocenters. The van der Waals surface area contributed by atoms with Crippen LogP contribution >= 0.6 is 0 Å². The molecule has 6 rings (SSSR count). The van der Waals surface area contributed by atoms with Gasteiger partial charge in [-0.25, -0.2) is 38.5 Å². The van der Waals surface area contributed by atoms with Gasteiger partial charge in [0.2, 0.25) is 0 Å². The van der Waals surface area contributed by atoms with Crippen LogP contribution in [0.2, 0.25) is 0 Å². The maximum Gasteiger partial charge on any atom is 1.00 e. The van der Waals surface area contributed by atoms with E-state index in [1.54, 1.807) is 0 Å². The monoisotopic (exact) mass is 988 g/mol. The molecule has 0 saturated heterocycles. The van der Waals surface area contributed by atoms with Gasteiger partial charge in [-0.05, 0) is 121 Å². The summed E-state index contributed by atoms with van der Waals surface area (Å²) < 4.78 is 141. The van der Waals surface area contributed by atoms with Crippen molar-refractivity contribution in [3.05, 3.63) is 96.1 Å². The molecule has 64 heavy (non-hydrogen) atoms. The summed E-state index contributed by atoms with van der Waals surface area (Å²) in [5.41, 5.74) is -1.22. The number of azo groups is 2. The number of fused-ring (bicyclic) bond motifs is 2. The summed E-state index contributed by atoms with van der Waals surface area (Å²) in [5, 5.41) is 41.8. The first kappa shape index (κ1) is 57.7. The van der Waals surface area contributed by atoms with Crippen LogP contribution in [0.3, 0.4) is 0 Å². The fourth-order valence-corrected chi connectivity index (χ4v) is 8.13. The van der Waals surface area contributed by atoms with Gasteiger partial charge in [0.1, 0.15) is 51.8 Å². The first-order valence-electron chi connectivity index (χ1n) is 16.4. The van der Waals surface area contributed by atoms with E-state index in [0.717, 1.165) is 48.5 Å². The normalized spacial score (nSPS) is 12.0. The van der Waals surface area contributed by atoms with Crippen LogP contribution in [-0.2, 0) is 40.5 Å². The third-order valence-corrected chi connectivity index (χ3v) is 11.9. The Balaban J connectivity index is 0.00000352. The van der Waals surface area contributed by atoms with Gasteiger partial charge in [0.25, 0.3) is 0 Å². The largest absolute Gasteiger partial charge is 1.00 e. The Bertz CT molecular complexity index is 3140. The molecule has 0 saturated carbocycles. The molecule has 29 heteroatoms. The predicted molar refractivity (Wildman–Crippen MR) is 206 cm³/mol. The minimum absolute atomic E-state index is 0. The number of carbonyl (C=O) groups is 1. The second-order valence-corrected chi connectivity index (χ2v) is 18.2. The van der Waals surface area contributed by atoms with Crippen molar-refractivity contribution in [2.75, 3.05) is 10.6 Å². The quantitative estimate of drug-likeness (QED) is 0.0564. The van der Waals surface area contributed by atoms with Crippen molar-refractivity contribution in [1.29, 1.82) is 0 Å². The molecule has 0 fully saturated rings. The Morgan fingerprint density at radius 3 is 1.12 bits per heavy atom. The summed E-state index contributed by atoms with van der Waals surface area (Å²) in [4.78, 5) is 9.91. The number of urea groups is 1. The van der Waals surface area contributed by atoms with E-state index in [4.69, 9.17) is 0 Å². The predicted octanol–water partition coefficient (Wildman–Crippen LogP) is -5.87. The van der Waals surface area contributed by atoms with Gasteiger partial charge in [-0.15, -0.1) is 10.2 Å². The van der Waals surface area contributed by atoms with Crippen molar-refractivity contribution >= 4 is 102 Å². The van der Waals surface area contributed by atoms with Gasteiger partial charge in [0, 0.05) is 22.1 Å². The van der Waals surface area contributed by atoms with E-state index in [0.29, 0.717) is 0 Å². The Kier molecular flexibility index (Phi) is 19.9. The number of phenolic OH excluding ortho intramolecular Hbond substituents is 2. The van der Waals surface area contributed by atoms with E-state index in [-0.39, 0.29) is 174 Å². The molecule has 2 amide bonds. The smallest absolute Gasteiger partial charge is 0.744 e. The summed E-state index contributed by atoms with van der Waals surface area (Å²) in [5.74, 6) is -1.58. The van der Waals surface area contributed by atoms with Crippen LogP contribution in [0.25, 0.3) is 21.5 Å². The maximum absolute atomic E-state index is 13.0. The molecule has 6 aromatic rings. The number of nitrogens with zero attached hydrogens (tertiary/aromatic N) is 4. The number of aryl methyl sites for hydroxylation is 2. The van der Waals surface area contributed by atoms with Gasteiger partial charge in [0.15, 0.2) is 11.5 Å². The van der Waals surface area contributed by atoms with Gasteiger partial charge in [-0.3, -0.25) is 0 Å². The topological polar surface area (TPSA) is 360 Å². The number of phenols is 2. The van der Waals surface area contributed by atoms with Crippen molar-refractivity contribution < 1.29 is 185 Å². The first-order chi connectivity index (χ1) is 27.8. The van der Waals surface area contributed by atoms with Gasteiger partial charge in [-0.1, -0.05) is 0 Å². The zero-order valence-electron chi connectivity index (χ0n) is 34.2. The van der Waals surface area contributed by atoms with Crippen molar-refractivity contribution in [2.24, 2.45) is 20.5 Å². The van der Waals surface area contributed by atoms with E-state index in [9.17, 15) is 66.9 Å². The van der Waals surface area contributed by atoms with E-state index in [1.807, 2.05) is 0 Å². The molecule has 0 aliphatic rings. The van der Waals surface area contributed by atoms with E-state index >= 15 is 0 Å². The number of aromatic hydroxyl groups is 2. The van der Waals surface area contributed by atoms with Gasteiger partial charge >= 0.3 is 124 Å².